The molecular weight excluding hydrogens is 236 g/mol. The number of primary amides is 1. The fraction of sp³-hybridized carbons (Fsp3) is 0.375. The summed E-state index contributed by atoms with van der Waals surface area (Å²) in [7, 11) is 1.74. The van der Waals surface area contributed by atoms with Gasteiger partial charge >= 0.3 is 0 Å². The molecule has 0 atom stereocenters. The molecule has 1 aromatic carbocycles. The van der Waals surface area contributed by atoms with Crippen LogP contribution in [0.4, 0.5) is 0 Å². The maximum atomic E-state index is 11.4. The lowest BCUT2D eigenvalue weighted by Crippen LogP contribution is -2.19. The molecule has 0 heterocycles. The van der Waals surface area contributed by atoms with Crippen LogP contribution >= 0.6 is 0 Å². The van der Waals surface area contributed by atoms with Crippen molar-refractivity contribution in [3.63, 3.8) is 0 Å². The van der Waals surface area contributed by atoms with Gasteiger partial charge in [0.1, 0.15) is 0 Å². The molecular formula is C16H22N2O. The average Bonchev–Trinajstić information content (AvgIpc) is 2.35. The van der Waals surface area contributed by atoms with Crippen LogP contribution in [0.3, 0.4) is 0 Å². The van der Waals surface area contributed by atoms with Gasteiger partial charge in [-0.15, -0.1) is 0 Å². The Labute approximate surface area is 115 Å². The summed E-state index contributed by atoms with van der Waals surface area (Å²) in [5, 5.41) is 0. The first-order valence-corrected chi connectivity index (χ1v) is 6.46. The first kappa shape index (κ1) is 15.2. The number of nitrogens with two attached hydrogens (primary N) is 1. The van der Waals surface area contributed by atoms with Gasteiger partial charge in [-0.25, -0.2) is 0 Å². The van der Waals surface area contributed by atoms with Crippen LogP contribution in [0.1, 0.15) is 25.0 Å². The van der Waals surface area contributed by atoms with E-state index < -0.39 is 0 Å². The van der Waals surface area contributed by atoms with Crippen molar-refractivity contribution in [1.82, 2.24) is 0 Å². The molecule has 0 saturated carbocycles. The third kappa shape index (κ3) is 4.70. The zero-order valence-electron chi connectivity index (χ0n) is 12.1. The molecule has 1 rings (SSSR count). The molecule has 0 bridgehead atoms. The second-order valence-corrected chi connectivity index (χ2v) is 5.00. The number of benzene rings is 1. The molecule has 0 spiro atoms. The fourth-order valence-corrected chi connectivity index (χ4v) is 1.81. The van der Waals surface area contributed by atoms with E-state index in [9.17, 15) is 4.79 Å². The van der Waals surface area contributed by atoms with Crippen LogP contribution in [-0.4, -0.2) is 18.7 Å². The topological polar surface area (TPSA) is 55.4 Å². The van der Waals surface area contributed by atoms with Crippen molar-refractivity contribution in [3.8, 4) is 0 Å². The highest BCUT2D eigenvalue weighted by Crippen LogP contribution is 2.11. The maximum absolute atomic E-state index is 11.4. The lowest BCUT2D eigenvalue weighted by atomic mass is 9.98. The number of carbonyl (C=O) groups is 1. The second kappa shape index (κ2) is 6.88. The van der Waals surface area contributed by atoms with Gasteiger partial charge in [-0.2, -0.15) is 0 Å². The number of aliphatic imine (C=N–C) groups is 1. The number of aryl methyl sites for hydroxylation is 1. The molecule has 0 unspecified atom stereocenters. The molecule has 0 fully saturated rings. The molecule has 2 N–H and O–H groups in total. The van der Waals surface area contributed by atoms with Crippen LogP contribution in [0.25, 0.3) is 0 Å². The number of rotatable bonds is 5. The van der Waals surface area contributed by atoms with Crippen LogP contribution in [0.5, 0.6) is 0 Å². The van der Waals surface area contributed by atoms with Crippen molar-refractivity contribution in [2.45, 2.75) is 27.2 Å². The monoisotopic (exact) mass is 258 g/mol. The van der Waals surface area contributed by atoms with Gasteiger partial charge in [-0.3, -0.25) is 9.79 Å². The zero-order chi connectivity index (χ0) is 14.4. The van der Waals surface area contributed by atoms with E-state index in [2.05, 4.69) is 36.2 Å². The molecule has 0 radical (unpaired) electrons. The molecule has 3 nitrogen and oxygen atoms in total. The van der Waals surface area contributed by atoms with E-state index in [1.165, 1.54) is 11.1 Å². The number of amides is 1. The van der Waals surface area contributed by atoms with Crippen LogP contribution in [0.15, 0.2) is 40.9 Å². The lowest BCUT2D eigenvalue weighted by molar-refractivity contribution is -0.115. The van der Waals surface area contributed by atoms with E-state index in [0.717, 1.165) is 5.71 Å². The Bertz CT molecular complexity index is 496. The van der Waals surface area contributed by atoms with Crippen molar-refractivity contribution in [1.29, 1.82) is 0 Å². The van der Waals surface area contributed by atoms with Gasteiger partial charge in [0.2, 0.25) is 5.91 Å². The molecule has 19 heavy (non-hydrogen) atoms. The summed E-state index contributed by atoms with van der Waals surface area (Å²) in [6.45, 7) is 5.97. The van der Waals surface area contributed by atoms with E-state index >= 15 is 0 Å². The Morgan fingerprint density at radius 1 is 1.32 bits per heavy atom. The van der Waals surface area contributed by atoms with Crippen molar-refractivity contribution in [3.05, 3.63) is 47.0 Å². The molecule has 0 aliphatic carbocycles. The van der Waals surface area contributed by atoms with Crippen LogP contribution in [0, 0.1) is 12.8 Å². The SMILES string of the molecule is CN=C(/C=C(/C(N)=O)C(C)C)Cc1ccc(C)cc1. The molecule has 3 heteroatoms. The number of allylic oxidation sites excluding steroid dienone is 1. The zero-order valence-corrected chi connectivity index (χ0v) is 12.1. The van der Waals surface area contributed by atoms with Crippen molar-refractivity contribution in [2.24, 2.45) is 16.6 Å². The summed E-state index contributed by atoms with van der Waals surface area (Å²) in [6, 6.07) is 8.30. The van der Waals surface area contributed by atoms with E-state index in [-0.39, 0.29) is 11.8 Å². The van der Waals surface area contributed by atoms with Gasteiger partial charge < -0.3 is 5.73 Å². The van der Waals surface area contributed by atoms with Crippen molar-refractivity contribution >= 4 is 11.6 Å². The summed E-state index contributed by atoms with van der Waals surface area (Å²) in [5.41, 5.74) is 9.28. The van der Waals surface area contributed by atoms with Crippen LogP contribution in [0.2, 0.25) is 0 Å². The van der Waals surface area contributed by atoms with Gasteiger partial charge in [-0.1, -0.05) is 43.7 Å². The molecule has 0 aliphatic heterocycles. The van der Waals surface area contributed by atoms with E-state index in [1.54, 1.807) is 7.05 Å². The Morgan fingerprint density at radius 2 is 1.89 bits per heavy atom. The van der Waals surface area contributed by atoms with Crippen LogP contribution in [-0.2, 0) is 11.2 Å². The molecule has 102 valence electrons. The van der Waals surface area contributed by atoms with Crippen molar-refractivity contribution < 1.29 is 4.79 Å². The Hall–Kier alpha value is -1.90. The number of carbonyl (C=O) groups excluding carboxylic acids is 1. The van der Waals surface area contributed by atoms with Gasteiger partial charge in [0.15, 0.2) is 0 Å². The lowest BCUT2D eigenvalue weighted by Gasteiger charge is -2.09. The van der Waals surface area contributed by atoms with Gasteiger partial charge in [0, 0.05) is 24.8 Å². The quantitative estimate of drug-likeness (QED) is 0.640. The standard InChI is InChI=1S/C16H22N2O/c1-11(2)15(16(17)19)10-14(18-4)9-13-7-5-12(3)6-8-13/h5-8,10-11H,9H2,1-4H3,(H2,17,19)/b15-10+,18-14?. The van der Waals surface area contributed by atoms with Gasteiger partial charge in [0.05, 0.1) is 0 Å². The highest BCUT2D eigenvalue weighted by molar-refractivity contribution is 6.04. The minimum Gasteiger partial charge on any atom is -0.366 e. The largest absolute Gasteiger partial charge is 0.366 e. The minimum atomic E-state index is -0.375. The Morgan fingerprint density at radius 3 is 2.32 bits per heavy atom. The predicted molar refractivity (Wildman–Crippen MR) is 80.4 cm³/mol. The van der Waals surface area contributed by atoms with Gasteiger partial charge in [-0.05, 0) is 24.5 Å². The number of nitrogens with zero attached hydrogens (tertiary/aromatic N) is 1. The third-order valence-electron chi connectivity index (χ3n) is 3.02. The van der Waals surface area contributed by atoms with E-state index in [0.29, 0.717) is 12.0 Å². The third-order valence-corrected chi connectivity index (χ3v) is 3.02. The smallest absolute Gasteiger partial charge is 0.244 e. The number of hydrogen-bond donors (Lipinski definition) is 1. The summed E-state index contributed by atoms with van der Waals surface area (Å²) in [5.74, 6) is -0.271. The molecule has 1 aromatic rings. The maximum Gasteiger partial charge on any atom is 0.244 e. The summed E-state index contributed by atoms with van der Waals surface area (Å²) in [4.78, 5) is 15.6. The van der Waals surface area contributed by atoms with Gasteiger partial charge in [0.25, 0.3) is 0 Å². The number of hydrogen-bond acceptors (Lipinski definition) is 2. The highest BCUT2D eigenvalue weighted by Gasteiger charge is 2.11. The molecule has 0 aromatic heterocycles. The predicted octanol–water partition coefficient (Wildman–Crippen LogP) is 2.68. The summed E-state index contributed by atoms with van der Waals surface area (Å²) in [6.07, 6.45) is 2.52. The van der Waals surface area contributed by atoms with Crippen molar-refractivity contribution in [2.75, 3.05) is 7.05 Å². The minimum absolute atomic E-state index is 0.104. The Kier molecular flexibility index (Phi) is 5.49. The first-order chi connectivity index (χ1) is 8.93. The summed E-state index contributed by atoms with van der Waals surface area (Å²) >= 11 is 0. The second-order valence-electron chi connectivity index (χ2n) is 5.00. The molecule has 1 amide bonds. The molecule has 0 saturated heterocycles. The molecule has 0 aliphatic rings. The highest BCUT2D eigenvalue weighted by atomic mass is 16.1. The van der Waals surface area contributed by atoms with E-state index in [4.69, 9.17) is 5.73 Å². The van der Waals surface area contributed by atoms with E-state index in [1.807, 2.05) is 19.9 Å². The normalized spacial score (nSPS) is 12.9. The average molecular weight is 258 g/mol. The Balaban J connectivity index is 2.93. The first-order valence-electron chi connectivity index (χ1n) is 6.46. The van der Waals surface area contributed by atoms with Crippen LogP contribution < -0.4 is 5.73 Å². The fourth-order valence-electron chi connectivity index (χ4n) is 1.81. The summed E-state index contributed by atoms with van der Waals surface area (Å²) < 4.78 is 0.